The van der Waals surface area contributed by atoms with E-state index < -0.39 is 17.1 Å². The first-order chi connectivity index (χ1) is 19.4. The van der Waals surface area contributed by atoms with Gasteiger partial charge in [0.25, 0.3) is 11.1 Å². The zero-order chi connectivity index (χ0) is 28.2. The lowest BCUT2D eigenvalue weighted by atomic mass is 10.0. The van der Waals surface area contributed by atoms with Gasteiger partial charge in [0, 0.05) is 13.1 Å². The highest BCUT2D eigenvalue weighted by molar-refractivity contribution is 9.10. The van der Waals surface area contributed by atoms with Gasteiger partial charge in [-0.05, 0) is 94.5 Å². The van der Waals surface area contributed by atoms with Crippen molar-refractivity contribution in [1.82, 2.24) is 9.80 Å². The molecule has 2 heterocycles. The van der Waals surface area contributed by atoms with Gasteiger partial charge in [0.2, 0.25) is 5.91 Å². The van der Waals surface area contributed by atoms with Crippen LogP contribution >= 0.6 is 27.7 Å². The minimum absolute atomic E-state index is 0.200. The molecule has 2 aliphatic heterocycles. The Kier molecular flexibility index (Phi) is 8.56. The summed E-state index contributed by atoms with van der Waals surface area (Å²) < 4.78 is 12.0. The minimum atomic E-state index is -0.536. The highest BCUT2D eigenvalue weighted by Gasteiger charge is 2.37. The van der Waals surface area contributed by atoms with Crippen LogP contribution in [-0.4, -0.2) is 59.1 Å². The summed E-state index contributed by atoms with van der Waals surface area (Å²) in [6, 6.07) is 16.3. The zero-order valence-corrected chi connectivity index (χ0v) is 24.3. The number of benzene rings is 3. The maximum Gasteiger partial charge on any atom is 0.344 e. The molecule has 0 bridgehead atoms. The first-order valence-electron chi connectivity index (χ1n) is 13.0. The Balaban J connectivity index is 1.37. The van der Waals surface area contributed by atoms with Crippen molar-refractivity contribution < 1.29 is 28.7 Å². The van der Waals surface area contributed by atoms with Crippen LogP contribution in [0.15, 0.2) is 64.0 Å². The van der Waals surface area contributed by atoms with E-state index in [-0.39, 0.29) is 23.1 Å². The standard InChI is InChI=1S/C30H27BrN2O6S/c1-2-38-24-16-19(17-25-28(35)33(30(37)40-25)18-26(34)32-13-6-3-7-14-32)15-23(31)27(24)39-29(36)22-12-8-10-20-9-4-5-11-21(20)22/h4-5,8-12,15-17H,2-3,6-7,13-14,18H2,1H3/b25-17-. The summed E-state index contributed by atoms with van der Waals surface area (Å²) in [4.78, 5) is 54.4. The van der Waals surface area contributed by atoms with Crippen LogP contribution in [0, 0.1) is 0 Å². The highest BCUT2D eigenvalue weighted by Crippen LogP contribution is 2.40. The molecule has 0 aromatic heterocycles. The lowest BCUT2D eigenvalue weighted by Gasteiger charge is -2.27. The van der Waals surface area contributed by atoms with Crippen molar-refractivity contribution in [1.29, 1.82) is 0 Å². The van der Waals surface area contributed by atoms with Crippen molar-refractivity contribution in [3.63, 3.8) is 0 Å². The Bertz CT molecular complexity index is 1530. The van der Waals surface area contributed by atoms with E-state index in [4.69, 9.17) is 9.47 Å². The number of imide groups is 1. The van der Waals surface area contributed by atoms with Crippen molar-refractivity contribution >= 4 is 67.6 Å². The summed E-state index contributed by atoms with van der Waals surface area (Å²) >= 11 is 4.27. The fourth-order valence-corrected chi connectivity index (χ4v) is 6.13. The number of likely N-dealkylation sites (tertiary alicyclic amines) is 1. The van der Waals surface area contributed by atoms with E-state index in [9.17, 15) is 19.2 Å². The molecule has 3 aromatic carbocycles. The monoisotopic (exact) mass is 622 g/mol. The zero-order valence-electron chi connectivity index (χ0n) is 21.9. The van der Waals surface area contributed by atoms with Crippen LogP contribution in [0.4, 0.5) is 4.79 Å². The topological polar surface area (TPSA) is 93.2 Å². The van der Waals surface area contributed by atoms with E-state index >= 15 is 0 Å². The third-order valence-electron chi connectivity index (χ3n) is 6.71. The summed E-state index contributed by atoms with van der Waals surface area (Å²) in [6.45, 7) is 3.15. The molecule has 10 heteroatoms. The van der Waals surface area contributed by atoms with Crippen LogP contribution in [0.25, 0.3) is 16.8 Å². The summed E-state index contributed by atoms with van der Waals surface area (Å²) in [6.07, 6.45) is 4.50. The lowest BCUT2D eigenvalue weighted by Crippen LogP contribution is -2.44. The molecule has 2 fully saturated rings. The Hall–Kier alpha value is -3.63. The molecule has 3 amide bonds. The van der Waals surface area contributed by atoms with Gasteiger partial charge in [-0.15, -0.1) is 0 Å². The number of ether oxygens (including phenoxy) is 2. The molecule has 3 aromatic rings. The van der Waals surface area contributed by atoms with E-state index in [1.54, 1.807) is 35.2 Å². The van der Waals surface area contributed by atoms with Gasteiger partial charge in [0.15, 0.2) is 11.5 Å². The lowest BCUT2D eigenvalue weighted by molar-refractivity contribution is -0.136. The van der Waals surface area contributed by atoms with E-state index in [0.717, 1.165) is 46.7 Å². The van der Waals surface area contributed by atoms with Crippen LogP contribution in [0.1, 0.15) is 42.1 Å². The van der Waals surface area contributed by atoms with Crippen LogP contribution in [0.5, 0.6) is 11.5 Å². The van der Waals surface area contributed by atoms with Crippen molar-refractivity contribution in [2.75, 3.05) is 26.2 Å². The van der Waals surface area contributed by atoms with E-state index in [1.807, 2.05) is 37.3 Å². The SMILES string of the molecule is CCOc1cc(/C=C2\SC(=O)N(CC(=O)N3CCCCC3)C2=O)cc(Br)c1OC(=O)c1cccc2ccccc12. The summed E-state index contributed by atoms with van der Waals surface area (Å²) in [5.41, 5.74) is 0.984. The quantitative estimate of drug-likeness (QED) is 0.174. The predicted molar refractivity (Wildman–Crippen MR) is 157 cm³/mol. The molecule has 2 saturated heterocycles. The largest absolute Gasteiger partial charge is 0.490 e. The average molecular weight is 624 g/mol. The molecule has 8 nitrogen and oxygen atoms in total. The number of fused-ring (bicyclic) bond motifs is 1. The third kappa shape index (κ3) is 5.93. The van der Waals surface area contributed by atoms with Crippen LogP contribution in [0.2, 0.25) is 0 Å². The molecule has 0 N–H and O–H groups in total. The average Bonchev–Trinajstić information content (AvgIpc) is 3.22. The molecule has 2 aliphatic rings. The number of hydrogen-bond donors (Lipinski definition) is 0. The highest BCUT2D eigenvalue weighted by atomic mass is 79.9. The molecule has 0 atom stereocenters. The number of hydrogen-bond acceptors (Lipinski definition) is 7. The molecule has 0 spiro atoms. The second-order valence-corrected chi connectivity index (χ2v) is 11.2. The van der Waals surface area contributed by atoms with Gasteiger partial charge in [0.1, 0.15) is 6.54 Å². The fourth-order valence-electron chi connectivity index (χ4n) is 4.75. The van der Waals surface area contributed by atoms with Crippen LogP contribution < -0.4 is 9.47 Å². The third-order valence-corrected chi connectivity index (χ3v) is 8.21. The van der Waals surface area contributed by atoms with Gasteiger partial charge in [0.05, 0.1) is 21.5 Å². The Morgan fingerprint density at radius 2 is 1.77 bits per heavy atom. The number of carbonyl (C=O) groups is 4. The normalized spacial score (nSPS) is 16.6. The van der Waals surface area contributed by atoms with Crippen molar-refractivity contribution in [2.45, 2.75) is 26.2 Å². The number of nitrogens with zero attached hydrogens (tertiary/aromatic N) is 2. The molecule has 40 heavy (non-hydrogen) atoms. The van der Waals surface area contributed by atoms with Crippen LogP contribution in [-0.2, 0) is 9.59 Å². The molecule has 206 valence electrons. The molecular formula is C30H27BrN2O6S. The summed E-state index contributed by atoms with van der Waals surface area (Å²) in [7, 11) is 0. The Morgan fingerprint density at radius 3 is 2.55 bits per heavy atom. The number of rotatable bonds is 7. The first kappa shape index (κ1) is 27.9. The molecule has 0 radical (unpaired) electrons. The number of carbonyl (C=O) groups excluding carboxylic acids is 4. The second kappa shape index (κ2) is 12.3. The van der Waals surface area contributed by atoms with Crippen molar-refractivity contribution in [2.24, 2.45) is 0 Å². The summed E-state index contributed by atoms with van der Waals surface area (Å²) in [5.74, 6) is -0.762. The molecule has 5 rings (SSSR count). The molecule has 0 saturated carbocycles. The Morgan fingerprint density at radius 1 is 1.02 bits per heavy atom. The van der Waals surface area contributed by atoms with Crippen LogP contribution in [0.3, 0.4) is 0 Å². The van der Waals surface area contributed by atoms with Gasteiger partial charge >= 0.3 is 5.97 Å². The van der Waals surface area contributed by atoms with Crippen molar-refractivity contribution in [3.05, 3.63) is 75.1 Å². The van der Waals surface area contributed by atoms with Gasteiger partial charge in [-0.2, -0.15) is 0 Å². The van der Waals surface area contributed by atoms with Gasteiger partial charge in [-0.1, -0.05) is 36.4 Å². The second-order valence-electron chi connectivity index (χ2n) is 9.39. The molecule has 0 aliphatic carbocycles. The van der Waals surface area contributed by atoms with E-state index in [1.165, 1.54) is 0 Å². The molecular weight excluding hydrogens is 596 g/mol. The predicted octanol–water partition coefficient (Wildman–Crippen LogP) is 6.27. The Labute approximate surface area is 244 Å². The van der Waals surface area contributed by atoms with E-state index in [0.29, 0.717) is 41.0 Å². The minimum Gasteiger partial charge on any atom is -0.490 e. The fraction of sp³-hybridized carbons (Fsp3) is 0.267. The first-order valence-corrected chi connectivity index (χ1v) is 14.7. The smallest absolute Gasteiger partial charge is 0.344 e. The number of esters is 1. The van der Waals surface area contributed by atoms with Gasteiger partial charge in [-0.3, -0.25) is 19.3 Å². The number of halogens is 1. The van der Waals surface area contributed by atoms with Gasteiger partial charge < -0.3 is 14.4 Å². The van der Waals surface area contributed by atoms with E-state index in [2.05, 4.69) is 15.9 Å². The maximum absolute atomic E-state index is 13.2. The molecule has 0 unspecified atom stereocenters. The number of amides is 3. The number of thioether (sulfide) groups is 1. The van der Waals surface area contributed by atoms with Gasteiger partial charge in [-0.25, -0.2) is 4.79 Å². The maximum atomic E-state index is 13.2. The number of piperidine rings is 1. The summed E-state index contributed by atoms with van der Waals surface area (Å²) in [5, 5.41) is 1.21. The van der Waals surface area contributed by atoms with Crippen molar-refractivity contribution in [3.8, 4) is 11.5 Å².